The molecule has 0 atom stereocenters. The molecule has 2 aliphatic rings. The minimum atomic E-state index is -0.804. The number of aliphatic hydroxyl groups is 1. The van der Waals surface area contributed by atoms with Crippen LogP contribution in [0, 0.1) is 0 Å². The Balaban J connectivity index is 1.35. The number of amides is 1. The van der Waals surface area contributed by atoms with Crippen molar-refractivity contribution in [3.05, 3.63) is 36.2 Å². The Morgan fingerprint density at radius 1 is 1.21 bits per heavy atom. The second-order valence-electron chi connectivity index (χ2n) is 7.38. The molecule has 9 heteroatoms. The smallest absolute Gasteiger partial charge is 0.277 e. The quantitative estimate of drug-likeness (QED) is 0.687. The summed E-state index contributed by atoms with van der Waals surface area (Å²) in [6, 6.07) is 7.74. The number of benzene rings is 1. The van der Waals surface area contributed by atoms with Gasteiger partial charge in [-0.1, -0.05) is 5.21 Å². The normalized spacial score (nSPS) is 19.4. The molecule has 0 aliphatic carbocycles. The van der Waals surface area contributed by atoms with Gasteiger partial charge in [-0.15, -0.1) is 5.10 Å². The van der Waals surface area contributed by atoms with E-state index < -0.39 is 5.60 Å². The van der Waals surface area contributed by atoms with Crippen molar-refractivity contribution in [3.8, 4) is 0 Å². The Bertz CT molecular complexity index is 794. The molecule has 2 aliphatic heterocycles. The van der Waals surface area contributed by atoms with Crippen molar-refractivity contribution in [2.75, 3.05) is 49.6 Å². The lowest BCUT2D eigenvalue weighted by Gasteiger charge is -2.32. The van der Waals surface area contributed by atoms with Crippen molar-refractivity contribution in [1.82, 2.24) is 20.3 Å². The Kier molecular flexibility index (Phi) is 5.56. The lowest BCUT2D eigenvalue weighted by atomic mass is 9.92. The van der Waals surface area contributed by atoms with E-state index in [4.69, 9.17) is 4.74 Å². The number of hydrogen-bond donors (Lipinski definition) is 3. The molecule has 2 saturated heterocycles. The Morgan fingerprint density at radius 3 is 2.64 bits per heavy atom. The average Bonchev–Trinajstić information content (AvgIpc) is 3.18. The zero-order chi connectivity index (χ0) is 19.4. The lowest BCUT2D eigenvalue weighted by molar-refractivity contribution is -0.00866. The number of rotatable bonds is 5. The molecule has 2 aromatic rings. The van der Waals surface area contributed by atoms with Crippen LogP contribution in [-0.4, -0.2) is 71.0 Å². The van der Waals surface area contributed by atoms with Gasteiger partial charge in [0, 0.05) is 24.5 Å². The van der Waals surface area contributed by atoms with Crippen LogP contribution in [0.5, 0.6) is 0 Å². The minimum Gasteiger partial charge on any atom is -0.388 e. The van der Waals surface area contributed by atoms with Gasteiger partial charge < -0.3 is 25.4 Å². The zero-order valence-corrected chi connectivity index (χ0v) is 15.8. The topological polar surface area (TPSA) is 105 Å². The summed E-state index contributed by atoms with van der Waals surface area (Å²) in [7, 11) is 0. The highest BCUT2D eigenvalue weighted by molar-refractivity contribution is 6.02. The molecule has 4 rings (SSSR count). The maximum Gasteiger partial charge on any atom is 0.277 e. The summed E-state index contributed by atoms with van der Waals surface area (Å²) in [6.45, 7) is 5.11. The summed E-state index contributed by atoms with van der Waals surface area (Å²) >= 11 is 0. The van der Waals surface area contributed by atoms with Crippen molar-refractivity contribution in [2.24, 2.45) is 0 Å². The molecule has 0 spiro atoms. The maximum atomic E-state index is 12.5. The molecule has 2 fully saturated rings. The SMILES string of the molecule is O=C(Nc1ccc(N2CCOCC2)cc1)c1cn(CC2(O)CCNCC2)nn1. The van der Waals surface area contributed by atoms with Crippen molar-refractivity contribution in [1.29, 1.82) is 0 Å². The highest BCUT2D eigenvalue weighted by Crippen LogP contribution is 2.21. The van der Waals surface area contributed by atoms with Gasteiger partial charge in [-0.3, -0.25) is 4.79 Å². The number of carbonyl (C=O) groups excluding carboxylic acids is 1. The maximum absolute atomic E-state index is 12.5. The number of nitrogens with zero attached hydrogens (tertiary/aromatic N) is 4. The molecule has 1 amide bonds. The van der Waals surface area contributed by atoms with Crippen molar-refractivity contribution >= 4 is 17.3 Å². The van der Waals surface area contributed by atoms with Gasteiger partial charge in [0.15, 0.2) is 5.69 Å². The second-order valence-corrected chi connectivity index (χ2v) is 7.38. The summed E-state index contributed by atoms with van der Waals surface area (Å²) in [4.78, 5) is 14.7. The van der Waals surface area contributed by atoms with Crippen molar-refractivity contribution in [2.45, 2.75) is 25.0 Å². The molecular formula is C19H26N6O3. The van der Waals surface area contributed by atoms with E-state index in [0.717, 1.165) is 45.1 Å². The first-order chi connectivity index (χ1) is 13.6. The van der Waals surface area contributed by atoms with Gasteiger partial charge in [0.1, 0.15) is 0 Å². The summed E-state index contributed by atoms with van der Waals surface area (Å²) < 4.78 is 6.91. The third-order valence-corrected chi connectivity index (χ3v) is 5.26. The van der Waals surface area contributed by atoms with E-state index in [0.29, 0.717) is 25.1 Å². The third kappa shape index (κ3) is 4.49. The molecule has 3 N–H and O–H groups in total. The molecule has 1 aromatic carbocycles. The third-order valence-electron chi connectivity index (χ3n) is 5.26. The fourth-order valence-electron chi connectivity index (χ4n) is 3.60. The fourth-order valence-corrected chi connectivity index (χ4v) is 3.60. The van der Waals surface area contributed by atoms with Gasteiger partial charge in [0.05, 0.1) is 31.6 Å². The van der Waals surface area contributed by atoms with Crippen LogP contribution in [0.3, 0.4) is 0 Å². The van der Waals surface area contributed by atoms with Crippen LogP contribution in [0.4, 0.5) is 11.4 Å². The van der Waals surface area contributed by atoms with Crippen LogP contribution < -0.4 is 15.5 Å². The Morgan fingerprint density at radius 2 is 1.93 bits per heavy atom. The van der Waals surface area contributed by atoms with E-state index in [-0.39, 0.29) is 11.6 Å². The van der Waals surface area contributed by atoms with E-state index in [1.807, 2.05) is 24.3 Å². The number of anilines is 2. The average molecular weight is 386 g/mol. The van der Waals surface area contributed by atoms with Gasteiger partial charge in [-0.05, 0) is 50.2 Å². The molecule has 0 bridgehead atoms. The molecule has 150 valence electrons. The number of hydrogen-bond acceptors (Lipinski definition) is 7. The van der Waals surface area contributed by atoms with Gasteiger partial charge in [-0.2, -0.15) is 0 Å². The van der Waals surface area contributed by atoms with E-state index in [1.165, 1.54) is 0 Å². The van der Waals surface area contributed by atoms with E-state index in [1.54, 1.807) is 10.9 Å². The summed E-state index contributed by atoms with van der Waals surface area (Å²) in [6.07, 6.45) is 2.89. The van der Waals surface area contributed by atoms with Crippen LogP contribution >= 0.6 is 0 Å². The Labute approximate surface area is 163 Å². The van der Waals surface area contributed by atoms with Crippen LogP contribution in [-0.2, 0) is 11.3 Å². The minimum absolute atomic E-state index is 0.231. The van der Waals surface area contributed by atoms with Crippen LogP contribution in [0.15, 0.2) is 30.5 Å². The number of morpholine rings is 1. The van der Waals surface area contributed by atoms with Gasteiger partial charge in [0.25, 0.3) is 5.91 Å². The standard InChI is InChI=1S/C19H26N6O3/c26-18(17-13-25(23-22-17)14-19(27)5-7-20-8-6-19)21-15-1-3-16(4-2-15)24-9-11-28-12-10-24/h1-4,13,20,27H,5-12,14H2,(H,21,26). The van der Waals surface area contributed by atoms with Gasteiger partial charge in [-0.25, -0.2) is 4.68 Å². The van der Waals surface area contributed by atoms with Crippen molar-refractivity contribution in [3.63, 3.8) is 0 Å². The highest BCUT2D eigenvalue weighted by Gasteiger charge is 2.30. The number of nitrogens with one attached hydrogen (secondary N) is 2. The molecule has 0 saturated carbocycles. The molecule has 3 heterocycles. The predicted molar refractivity (Wildman–Crippen MR) is 105 cm³/mol. The van der Waals surface area contributed by atoms with Gasteiger partial charge >= 0.3 is 0 Å². The van der Waals surface area contributed by atoms with E-state index in [2.05, 4.69) is 25.8 Å². The summed E-state index contributed by atoms with van der Waals surface area (Å²) in [5.74, 6) is -0.317. The molecule has 1 aromatic heterocycles. The van der Waals surface area contributed by atoms with E-state index in [9.17, 15) is 9.90 Å². The van der Waals surface area contributed by atoms with Gasteiger partial charge in [0.2, 0.25) is 0 Å². The zero-order valence-electron chi connectivity index (χ0n) is 15.8. The number of ether oxygens (including phenoxy) is 1. The fraction of sp³-hybridized carbons (Fsp3) is 0.526. The first-order valence-electron chi connectivity index (χ1n) is 9.69. The Hall–Kier alpha value is -2.49. The van der Waals surface area contributed by atoms with Crippen LogP contribution in [0.2, 0.25) is 0 Å². The van der Waals surface area contributed by atoms with Crippen molar-refractivity contribution < 1.29 is 14.6 Å². The first kappa shape index (κ1) is 18.9. The monoisotopic (exact) mass is 386 g/mol. The van der Waals surface area contributed by atoms with Crippen LogP contribution in [0.1, 0.15) is 23.3 Å². The predicted octanol–water partition coefficient (Wildman–Crippen LogP) is 0.481. The summed E-state index contributed by atoms with van der Waals surface area (Å²) in [5.41, 5.74) is 1.24. The van der Waals surface area contributed by atoms with Crippen LogP contribution in [0.25, 0.3) is 0 Å². The highest BCUT2D eigenvalue weighted by atomic mass is 16.5. The second kappa shape index (κ2) is 8.26. The molecule has 28 heavy (non-hydrogen) atoms. The summed E-state index contributed by atoms with van der Waals surface area (Å²) in [5, 5.41) is 24.6. The number of aromatic nitrogens is 3. The number of carbonyl (C=O) groups is 1. The molecule has 9 nitrogen and oxygen atoms in total. The lowest BCUT2D eigenvalue weighted by Crippen LogP contribution is -2.44. The molecule has 0 radical (unpaired) electrons. The van der Waals surface area contributed by atoms with E-state index >= 15 is 0 Å². The first-order valence-corrected chi connectivity index (χ1v) is 9.69. The number of piperidine rings is 1. The largest absolute Gasteiger partial charge is 0.388 e. The molecule has 0 unspecified atom stereocenters. The molecular weight excluding hydrogens is 360 g/mol.